The number of hydrogen-bond acceptors (Lipinski definition) is 4. The Labute approximate surface area is 142 Å². The van der Waals surface area contributed by atoms with E-state index in [2.05, 4.69) is 0 Å². The van der Waals surface area contributed by atoms with Gasteiger partial charge in [-0.1, -0.05) is 12.1 Å². The highest BCUT2D eigenvalue weighted by Gasteiger charge is 2.37. The number of rotatable bonds is 7. The van der Waals surface area contributed by atoms with Crippen molar-refractivity contribution >= 4 is 5.91 Å². The summed E-state index contributed by atoms with van der Waals surface area (Å²) >= 11 is 0. The molecule has 1 aliphatic heterocycles. The summed E-state index contributed by atoms with van der Waals surface area (Å²) in [6, 6.07) is 7.75. The summed E-state index contributed by atoms with van der Waals surface area (Å²) in [4.78, 5) is 16.4. The monoisotopic (exact) mass is 336 g/mol. The summed E-state index contributed by atoms with van der Waals surface area (Å²) in [5, 5.41) is 9.37. The van der Waals surface area contributed by atoms with Gasteiger partial charge in [-0.05, 0) is 37.0 Å². The molecule has 2 atom stereocenters. The molecule has 0 aromatic heterocycles. The van der Waals surface area contributed by atoms with Gasteiger partial charge in [0.2, 0.25) is 5.91 Å². The minimum absolute atomic E-state index is 0.0147. The van der Waals surface area contributed by atoms with E-state index in [1.165, 1.54) is 0 Å². The second-order valence-corrected chi connectivity index (χ2v) is 6.70. The van der Waals surface area contributed by atoms with Gasteiger partial charge in [0.15, 0.2) is 0 Å². The molecule has 1 heterocycles. The third kappa shape index (κ3) is 4.05. The van der Waals surface area contributed by atoms with E-state index in [1.54, 1.807) is 12.0 Å². The van der Waals surface area contributed by atoms with Gasteiger partial charge < -0.3 is 14.7 Å². The Morgan fingerprint density at radius 1 is 1.38 bits per heavy atom. The van der Waals surface area contributed by atoms with Crippen LogP contribution < -0.4 is 4.74 Å². The van der Waals surface area contributed by atoms with Gasteiger partial charge in [0.25, 0.3) is 0 Å². The fraction of sp³-hybridized carbons (Fsp3) is 0.611. The van der Waals surface area contributed by atoms with Crippen molar-refractivity contribution in [2.24, 2.45) is 0 Å². The van der Waals surface area contributed by atoms with Crippen LogP contribution in [-0.4, -0.2) is 65.9 Å². The Hall–Kier alpha value is -1.66. The van der Waals surface area contributed by atoms with E-state index in [-0.39, 0.29) is 37.7 Å². The Morgan fingerprint density at radius 3 is 2.67 bits per heavy atom. The molecule has 1 N–H and O–H groups in total. The Bertz CT molecular complexity index is 562. The van der Waals surface area contributed by atoms with Gasteiger partial charge in [-0.25, -0.2) is 4.39 Å². The van der Waals surface area contributed by atoms with Crippen LogP contribution in [-0.2, 0) is 11.3 Å². The number of benzene rings is 1. The average molecular weight is 336 g/mol. The number of nitrogens with zero attached hydrogens (tertiary/aromatic N) is 2. The summed E-state index contributed by atoms with van der Waals surface area (Å²) < 4.78 is 18.7. The number of ether oxygens (including phenoxy) is 1. The zero-order chi connectivity index (χ0) is 17.1. The number of carbonyl (C=O) groups excluding carboxylic acids is 1. The van der Waals surface area contributed by atoms with Gasteiger partial charge in [-0.2, -0.15) is 0 Å². The van der Waals surface area contributed by atoms with Gasteiger partial charge in [-0.15, -0.1) is 0 Å². The predicted molar refractivity (Wildman–Crippen MR) is 88.5 cm³/mol. The molecule has 6 heteroatoms. The minimum atomic E-state index is -0.953. The van der Waals surface area contributed by atoms with Crippen molar-refractivity contribution in [3.05, 3.63) is 29.8 Å². The van der Waals surface area contributed by atoms with E-state index in [0.717, 1.165) is 24.2 Å². The number of likely N-dealkylation sites (tertiary alicyclic amines) is 1. The van der Waals surface area contributed by atoms with Crippen LogP contribution in [0.15, 0.2) is 24.3 Å². The molecule has 0 radical (unpaired) electrons. The van der Waals surface area contributed by atoms with E-state index in [9.17, 15) is 14.3 Å². The van der Waals surface area contributed by atoms with Gasteiger partial charge in [0.05, 0.1) is 20.3 Å². The lowest BCUT2D eigenvalue weighted by atomic mass is 10.2. The zero-order valence-corrected chi connectivity index (χ0v) is 14.0. The van der Waals surface area contributed by atoms with Gasteiger partial charge in [0, 0.05) is 25.2 Å². The summed E-state index contributed by atoms with van der Waals surface area (Å²) in [6.45, 7) is 0.871. The molecule has 1 saturated carbocycles. The van der Waals surface area contributed by atoms with Crippen LogP contribution in [0.3, 0.4) is 0 Å². The van der Waals surface area contributed by atoms with Crippen molar-refractivity contribution in [3.8, 4) is 5.75 Å². The summed E-state index contributed by atoms with van der Waals surface area (Å²) in [6.07, 6.45) is 1.41. The van der Waals surface area contributed by atoms with Gasteiger partial charge in [0.1, 0.15) is 11.9 Å². The summed E-state index contributed by atoms with van der Waals surface area (Å²) in [7, 11) is 1.63. The highest BCUT2D eigenvalue weighted by molar-refractivity contribution is 5.79. The van der Waals surface area contributed by atoms with Gasteiger partial charge >= 0.3 is 0 Å². The predicted octanol–water partition coefficient (Wildman–Crippen LogP) is 1.59. The standard InChI is InChI=1S/C18H25FN2O3/c1-24-17-6-2-13(3-7-17)9-21(15-4-5-15)18(23)11-20-10-14(19)8-16(20)12-22/h2-3,6-7,14-16,22H,4-5,8-12H2,1H3/t14-,16-/m0/s1. The normalized spacial score (nSPS) is 24.1. The molecule has 0 unspecified atom stereocenters. The Kier molecular flexibility index (Phi) is 5.36. The number of carbonyl (C=O) groups is 1. The first kappa shape index (κ1) is 17.2. The van der Waals surface area contributed by atoms with Crippen molar-refractivity contribution < 1.29 is 19.0 Å². The second-order valence-electron chi connectivity index (χ2n) is 6.70. The highest BCUT2D eigenvalue weighted by Crippen LogP contribution is 2.29. The van der Waals surface area contributed by atoms with Crippen LogP contribution in [0.25, 0.3) is 0 Å². The highest BCUT2D eigenvalue weighted by atomic mass is 19.1. The minimum Gasteiger partial charge on any atom is -0.497 e. The largest absolute Gasteiger partial charge is 0.497 e. The molecule has 5 nitrogen and oxygen atoms in total. The lowest BCUT2D eigenvalue weighted by Crippen LogP contribution is -2.44. The maximum atomic E-state index is 13.6. The first-order valence-electron chi connectivity index (χ1n) is 8.52. The molecule has 0 bridgehead atoms. The molecule has 1 aromatic carbocycles. The Morgan fingerprint density at radius 2 is 2.08 bits per heavy atom. The zero-order valence-electron chi connectivity index (χ0n) is 14.0. The number of aliphatic hydroxyl groups is 1. The maximum absolute atomic E-state index is 13.6. The van der Waals surface area contributed by atoms with Crippen LogP contribution in [0.4, 0.5) is 4.39 Å². The number of alkyl halides is 1. The quantitative estimate of drug-likeness (QED) is 0.822. The number of hydrogen-bond donors (Lipinski definition) is 1. The smallest absolute Gasteiger partial charge is 0.237 e. The topological polar surface area (TPSA) is 53.0 Å². The number of methoxy groups -OCH3 is 1. The molecule has 1 amide bonds. The molecule has 24 heavy (non-hydrogen) atoms. The molecular weight excluding hydrogens is 311 g/mol. The molecule has 2 aliphatic rings. The van der Waals surface area contributed by atoms with E-state index in [0.29, 0.717) is 13.0 Å². The number of amides is 1. The summed E-state index contributed by atoms with van der Waals surface area (Å²) in [5.74, 6) is 0.806. The van der Waals surface area contributed by atoms with E-state index in [1.807, 2.05) is 29.2 Å². The molecule has 1 aliphatic carbocycles. The molecular formula is C18H25FN2O3. The number of halogens is 1. The van der Waals surface area contributed by atoms with Crippen LogP contribution in [0, 0.1) is 0 Å². The molecule has 1 saturated heterocycles. The van der Waals surface area contributed by atoms with Crippen molar-refractivity contribution in [1.29, 1.82) is 0 Å². The van der Waals surface area contributed by atoms with Crippen molar-refractivity contribution in [2.75, 3.05) is 26.8 Å². The second kappa shape index (κ2) is 7.49. The molecule has 1 aromatic rings. The molecule has 0 spiro atoms. The van der Waals surface area contributed by atoms with Crippen LogP contribution in [0.2, 0.25) is 0 Å². The fourth-order valence-electron chi connectivity index (χ4n) is 3.31. The van der Waals surface area contributed by atoms with Crippen LogP contribution >= 0.6 is 0 Å². The average Bonchev–Trinajstić information content (AvgIpc) is 3.36. The maximum Gasteiger partial charge on any atom is 0.237 e. The van der Waals surface area contributed by atoms with Crippen molar-refractivity contribution in [1.82, 2.24) is 9.80 Å². The summed E-state index contributed by atoms with van der Waals surface area (Å²) in [5.41, 5.74) is 1.06. The molecule has 2 fully saturated rings. The van der Waals surface area contributed by atoms with Gasteiger partial charge in [-0.3, -0.25) is 9.69 Å². The van der Waals surface area contributed by atoms with E-state index < -0.39 is 6.17 Å². The van der Waals surface area contributed by atoms with Crippen LogP contribution in [0.5, 0.6) is 5.75 Å². The first-order valence-corrected chi connectivity index (χ1v) is 8.52. The van der Waals surface area contributed by atoms with Crippen molar-refractivity contribution in [2.45, 2.75) is 44.1 Å². The van der Waals surface area contributed by atoms with E-state index >= 15 is 0 Å². The van der Waals surface area contributed by atoms with E-state index in [4.69, 9.17) is 4.74 Å². The SMILES string of the molecule is COc1ccc(CN(C(=O)CN2C[C@@H](F)C[C@H]2CO)C2CC2)cc1. The third-order valence-electron chi connectivity index (χ3n) is 4.85. The lowest BCUT2D eigenvalue weighted by molar-refractivity contribution is -0.134. The van der Waals surface area contributed by atoms with Crippen LogP contribution in [0.1, 0.15) is 24.8 Å². The van der Waals surface area contributed by atoms with Crippen molar-refractivity contribution in [3.63, 3.8) is 0 Å². The third-order valence-corrected chi connectivity index (χ3v) is 4.85. The fourth-order valence-corrected chi connectivity index (χ4v) is 3.31. The molecule has 132 valence electrons. The first-order chi connectivity index (χ1) is 11.6. The molecule has 3 rings (SSSR count). The lowest BCUT2D eigenvalue weighted by Gasteiger charge is -2.28. The number of aliphatic hydroxyl groups excluding tert-OH is 1. The Balaban J connectivity index is 1.63.